The second kappa shape index (κ2) is 6.75. The van der Waals surface area contributed by atoms with E-state index in [1.807, 2.05) is 49.4 Å². The Kier molecular flexibility index (Phi) is 4.75. The molecule has 1 heterocycles. The van der Waals surface area contributed by atoms with Gasteiger partial charge in [0.15, 0.2) is 5.76 Å². The Bertz CT molecular complexity index is 532. The molecule has 100 valence electrons. The molecule has 4 nitrogen and oxygen atoms in total. The summed E-state index contributed by atoms with van der Waals surface area (Å²) in [6.45, 7) is 2.87. The van der Waals surface area contributed by atoms with Crippen molar-refractivity contribution < 1.29 is 9.26 Å². The molecule has 0 saturated carbocycles. The molecule has 19 heavy (non-hydrogen) atoms. The standard InChI is InChI=1S/C15H18N2O2/c1-2-3-9-13-14(12-7-5-4-6-8-12)19-17-15(13)18-11-10-16/h2-8H,9-11,16H2,1H3/b3-2+. The number of nitrogens with two attached hydrogens (primary N) is 1. The molecule has 4 heteroatoms. The molecule has 0 saturated heterocycles. The van der Waals surface area contributed by atoms with E-state index in [0.29, 0.717) is 19.0 Å². The summed E-state index contributed by atoms with van der Waals surface area (Å²) in [7, 11) is 0. The van der Waals surface area contributed by atoms with E-state index in [0.717, 1.165) is 23.3 Å². The lowest BCUT2D eigenvalue weighted by atomic mass is 10.1. The summed E-state index contributed by atoms with van der Waals surface area (Å²) in [5, 5.41) is 4.00. The molecular weight excluding hydrogens is 240 g/mol. The first-order valence-corrected chi connectivity index (χ1v) is 6.34. The number of nitrogens with zero attached hydrogens (tertiary/aromatic N) is 1. The van der Waals surface area contributed by atoms with Crippen LogP contribution in [0.4, 0.5) is 0 Å². The van der Waals surface area contributed by atoms with Crippen LogP contribution in [0.1, 0.15) is 12.5 Å². The Morgan fingerprint density at radius 3 is 2.79 bits per heavy atom. The second-order valence-electron chi connectivity index (χ2n) is 4.07. The SMILES string of the molecule is C/C=C/Cc1c(OCCN)noc1-c1ccccc1. The van der Waals surface area contributed by atoms with Crippen molar-refractivity contribution in [3.8, 4) is 17.2 Å². The van der Waals surface area contributed by atoms with Gasteiger partial charge in [-0.25, -0.2) is 0 Å². The van der Waals surface area contributed by atoms with Crippen molar-refractivity contribution in [2.24, 2.45) is 5.73 Å². The van der Waals surface area contributed by atoms with Gasteiger partial charge in [0.1, 0.15) is 6.61 Å². The Balaban J connectivity index is 2.34. The highest BCUT2D eigenvalue weighted by molar-refractivity contribution is 5.63. The average Bonchev–Trinajstić information content (AvgIpc) is 2.86. The lowest BCUT2D eigenvalue weighted by molar-refractivity contribution is 0.287. The molecule has 0 aliphatic carbocycles. The molecular formula is C15H18N2O2. The van der Waals surface area contributed by atoms with E-state index in [4.69, 9.17) is 15.0 Å². The highest BCUT2D eigenvalue weighted by Crippen LogP contribution is 2.31. The van der Waals surface area contributed by atoms with Crippen LogP contribution >= 0.6 is 0 Å². The van der Waals surface area contributed by atoms with Crippen LogP contribution in [0.5, 0.6) is 5.88 Å². The summed E-state index contributed by atoms with van der Waals surface area (Å²) in [4.78, 5) is 0. The molecule has 0 spiro atoms. The Labute approximate surface area is 112 Å². The molecule has 0 aliphatic heterocycles. The van der Waals surface area contributed by atoms with Crippen molar-refractivity contribution in [2.45, 2.75) is 13.3 Å². The number of allylic oxidation sites excluding steroid dienone is 2. The number of hydrogen-bond donors (Lipinski definition) is 1. The minimum atomic E-state index is 0.434. The highest BCUT2D eigenvalue weighted by atomic mass is 16.5. The van der Waals surface area contributed by atoms with Crippen molar-refractivity contribution in [3.05, 3.63) is 48.0 Å². The summed E-state index contributed by atoms with van der Waals surface area (Å²) in [6, 6.07) is 9.89. The van der Waals surface area contributed by atoms with Crippen molar-refractivity contribution in [3.63, 3.8) is 0 Å². The van der Waals surface area contributed by atoms with E-state index in [1.54, 1.807) is 0 Å². The quantitative estimate of drug-likeness (QED) is 0.809. The van der Waals surface area contributed by atoms with Gasteiger partial charge in [-0.15, -0.1) is 0 Å². The topological polar surface area (TPSA) is 61.3 Å². The normalized spacial score (nSPS) is 11.1. The monoisotopic (exact) mass is 258 g/mol. The maximum absolute atomic E-state index is 5.52. The van der Waals surface area contributed by atoms with Gasteiger partial charge >= 0.3 is 0 Å². The summed E-state index contributed by atoms with van der Waals surface area (Å²) in [5.41, 5.74) is 7.40. The van der Waals surface area contributed by atoms with E-state index >= 15 is 0 Å². The fourth-order valence-electron chi connectivity index (χ4n) is 1.80. The fourth-order valence-corrected chi connectivity index (χ4v) is 1.80. The van der Waals surface area contributed by atoms with Crippen LogP contribution in [0.25, 0.3) is 11.3 Å². The summed E-state index contributed by atoms with van der Waals surface area (Å²) >= 11 is 0. The van der Waals surface area contributed by atoms with Crippen molar-refractivity contribution in [1.29, 1.82) is 0 Å². The zero-order chi connectivity index (χ0) is 13.5. The van der Waals surface area contributed by atoms with Gasteiger partial charge in [0, 0.05) is 12.1 Å². The summed E-state index contributed by atoms with van der Waals surface area (Å²) in [5.74, 6) is 1.29. The predicted molar refractivity (Wildman–Crippen MR) is 75.0 cm³/mol. The first-order valence-electron chi connectivity index (χ1n) is 6.34. The number of rotatable bonds is 6. The molecule has 0 radical (unpaired) electrons. The lowest BCUT2D eigenvalue weighted by Crippen LogP contribution is -2.11. The summed E-state index contributed by atoms with van der Waals surface area (Å²) < 4.78 is 10.9. The zero-order valence-corrected chi connectivity index (χ0v) is 11.0. The molecule has 2 rings (SSSR count). The number of aromatic nitrogens is 1. The molecule has 2 N–H and O–H groups in total. The van der Waals surface area contributed by atoms with Gasteiger partial charge in [-0.2, -0.15) is 0 Å². The molecule has 0 fully saturated rings. The second-order valence-corrected chi connectivity index (χ2v) is 4.07. The number of benzene rings is 1. The fraction of sp³-hybridized carbons (Fsp3) is 0.267. The molecule has 2 aromatic rings. The summed E-state index contributed by atoms with van der Waals surface area (Å²) in [6.07, 6.45) is 4.77. The molecule has 0 amide bonds. The van der Waals surface area contributed by atoms with Crippen LogP contribution in [0.3, 0.4) is 0 Å². The van der Waals surface area contributed by atoms with E-state index in [-0.39, 0.29) is 0 Å². The molecule has 1 aromatic heterocycles. The first kappa shape index (κ1) is 13.4. The smallest absolute Gasteiger partial charge is 0.258 e. The minimum Gasteiger partial charge on any atom is -0.474 e. The van der Waals surface area contributed by atoms with Crippen LogP contribution < -0.4 is 10.5 Å². The van der Waals surface area contributed by atoms with Crippen molar-refractivity contribution in [1.82, 2.24) is 5.16 Å². The molecule has 0 atom stereocenters. The van der Waals surface area contributed by atoms with Crippen LogP contribution in [-0.4, -0.2) is 18.3 Å². The molecule has 0 aliphatic rings. The van der Waals surface area contributed by atoms with Gasteiger partial charge in [-0.1, -0.05) is 42.5 Å². The maximum Gasteiger partial charge on any atom is 0.258 e. The Morgan fingerprint density at radius 1 is 1.32 bits per heavy atom. The van der Waals surface area contributed by atoms with E-state index < -0.39 is 0 Å². The molecule has 1 aromatic carbocycles. The lowest BCUT2D eigenvalue weighted by Gasteiger charge is -2.03. The van der Waals surface area contributed by atoms with Crippen LogP contribution in [-0.2, 0) is 6.42 Å². The van der Waals surface area contributed by atoms with E-state index in [9.17, 15) is 0 Å². The highest BCUT2D eigenvalue weighted by Gasteiger charge is 2.17. The maximum atomic E-state index is 5.52. The number of ether oxygens (including phenoxy) is 1. The molecule has 0 bridgehead atoms. The van der Waals surface area contributed by atoms with Crippen LogP contribution in [0.2, 0.25) is 0 Å². The third-order valence-electron chi connectivity index (χ3n) is 2.70. The van der Waals surface area contributed by atoms with Gasteiger partial charge in [-0.3, -0.25) is 0 Å². The van der Waals surface area contributed by atoms with Gasteiger partial charge in [0.25, 0.3) is 5.88 Å². The third-order valence-corrected chi connectivity index (χ3v) is 2.70. The Hall–Kier alpha value is -2.07. The van der Waals surface area contributed by atoms with Gasteiger partial charge < -0.3 is 15.0 Å². The van der Waals surface area contributed by atoms with Crippen LogP contribution in [0, 0.1) is 0 Å². The first-order chi connectivity index (χ1) is 9.36. The average molecular weight is 258 g/mol. The van der Waals surface area contributed by atoms with E-state index in [2.05, 4.69) is 5.16 Å². The van der Waals surface area contributed by atoms with Crippen molar-refractivity contribution in [2.75, 3.05) is 13.2 Å². The van der Waals surface area contributed by atoms with Gasteiger partial charge in [0.2, 0.25) is 0 Å². The van der Waals surface area contributed by atoms with Gasteiger partial charge in [0.05, 0.1) is 5.56 Å². The van der Waals surface area contributed by atoms with Gasteiger partial charge in [-0.05, 0) is 18.5 Å². The largest absolute Gasteiger partial charge is 0.474 e. The van der Waals surface area contributed by atoms with Crippen molar-refractivity contribution >= 4 is 0 Å². The molecule has 0 unspecified atom stereocenters. The van der Waals surface area contributed by atoms with Crippen LogP contribution in [0.15, 0.2) is 47.0 Å². The zero-order valence-electron chi connectivity index (χ0n) is 11.0. The minimum absolute atomic E-state index is 0.434. The predicted octanol–water partition coefficient (Wildman–Crippen LogP) is 2.80. The number of hydrogen-bond acceptors (Lipinski definition) is 4. The van der Waals surface area contributed by atoms with E-state index in [1.165, 1.54) is 0 Å². The Morgan fingerprint density at radius 2 is 2.11 bits per heavy atom. The third kappa shape index (κ3) is 3.23.